The zero-order valence-corrected chi connectivity index (χ0v) is 23.1. The molecule has 212 valence electrons. The van der Waals surface area contributed by atoms with Gasteiger partial charge in [-0.1, -0.05) is 41.9 Å². The minimum Gasteiger partial charge on any atom is -0.465 e. The van der Waals surface area contributed by atoms with Gasteiger partial charge in [-0.05, 0) is 54.4 Å². The topological polar surface area (TPSA) is 128 Å². The van der Waals surface area contributed by atoms with Gasteiger partial charge in [0.15, 0.2) is 5.60 Å². The number of nitrogens with zero attached hydrogens (tertiary/aromatic N) is 2. The monoisotopic (exact) mass is 576 g/mol. The van der Waals surface area contributed by atoms with Gasteiger partial charge in [-0.25, -0.2) is 9.59 Å². The van der Waals surface area contributed by atoms with Crippen LogP contribution < -0.4 is 15.5 Å². The van der Waals surface area contributed by atoms with Crippen molar-refractivity contribution in [2.75, 3.05) is 36.9 Å². The van der Waals surface area contributed by atoms with E-state index in [1.807, 2.05) is 30.3 Å². The van der Waals surface area contributed by atoms with Crippen molar-refractivity contribution < 1.29 is 29.0 Å². The fourth-order valence-corrected chi connectivity index (χ4v) is 5.48. The Hall–Kier alpha value is -4.57. The maximum atomic E-state index is 13.9. The SMILES string of the molecule is CN(C(=O)O)c1ccc(C(=O)NC[C@@H](Cc2ccccc2)C(=O)N2CCC3(C2)OC(=O)Nc2ccc(Cl)cc23)cc1. The number of fused-ring (bicyclic) bond motifs is 2. The number of carboxylic acid groups (broad SMARTS) is 1. The molecule has 3 aromatic carbocycles. The van der Waals surface area contributed by atoms with Gasteiger partial charge in [-0.3, -0.25) is 19.8 Å². The molecule has 4 amide bonds. The quantitative estimate of drug-likeness (QED) is 0.373. The molecule has 2 aliphatic heterocycles. The van der Waals surface area contributed by atoms with Gasteiger partial charge < -0.3 is 20.1 Å². The zero-order valence-electron chi connectivity index (χ0n) is 22.3. The first-order chi connectivity index (χ1) is 19.6. The largest absolute Gasteiger partial charge is 0.465 e. The Labute approximate surface area is 241 Å². The summed E-state index contributed by atoms with van der Waals surface area (Å²) in [5.41, 5.74) is 2.03. The van der Waals surface area contributed by atoms with Gasteiger partial charge in [-0.15, -0.1) is 0 Å². The van der Waals surface area contributed by atoms with Crippen LogP contribution in [0.15, 0.2) is 72.8 Å². The highest BCUT2D eigenvalue weighted by molar-refractivity contribution is 6.30. The molecule has 1 unspecified atom stereocenters. The summed E-state index contributed by atoms with van der Waals surface area (Å²) in [5, 5.41) is 15.2. The number of halogens is 1. The molecule has 1 saturated heterocycles. The number of rotatable bonds is 7. The van der Waals surface area contributed by atoms with Crippen molar-refractivity contribution in [2.45, 2.75) is 18.4 Å². The van der Waals surface area contributed by atoms with E-state index in [1.165, 1.54) is 19.2 Å². The van der Waals surface area contributed by atoms with E-state index in [2.05, 4.69) is 10.6 Å². The molecular formula is C30H29ClN4O6. The summed E-state index contributed by atoms with van der Waals surface area (Å²) in [7, 11) is 1.41. The van der Waals surface area contributed by atoms with E-state index in [-0.39, 0.29) is 24.9 Å². The molecule has 5 rings (SSSR count). The van der Waals surface area contributed by atoms with E-state index in [1.54, 1.807) is 35.2 Å². The third-order valence-corrected chi connectivity index (χ3v) is 7.76. The lowest BCUT2D eigenvalue weighted by Crippen LogP contribution is -2.45. The Morgan fingerprint density at radius 2 is 1.85 bits per heavy atom. The predicted molar refractivity (Wildman–Crippen MR) is 153 cm³/mol. The number of likely N-dealkylation sites (tertiary alicyclic amines) is 1. The average Bonchev–Trinajstić information content (AvgIpc) is 3.39. The summed E-state index contributed by atoms with van der Waals surface area (Å²) in [6.07, 6.45) is -0.877. The van der Waals surface area contributed by atoms with Crippen LogP contribution >= 0.6 is 11.6 Å². The number of benzene rings is 3. The molecule has 3 aromatic rings. The van der Waals surface area contributed by atoms with Crippen LogP contribution in [0, 0.1) is 5.92 Å². The van der Waals surface area contributed by atoms with Crippen molar-refractivity contribution >= 4 is 47.0 Å². The second kappa shape index (κ2) is 11.5. The Balaban J connectivity index is 1.32. The molecule has 3 N–H and O–H groups in total. The van der Waals surface area contributed by atoms with Gasteiger partial charge >= 0.3 is 12.2 Å². The maximum absolute atomic E-state index is 13.9. The molecule has 11 heteroatoms. The second-order valence-corrected chi connectivity index (χ2v) is 10.6. The number of nitrogens with one attached hydrogen (secondary N) is 2. The Morgan fingerprint density at radius 1 is 1.12 bits per heavy atom. The Morgan fingerprint density at radius 3 is 2.56 bits per heavy atom. The molecule has 1 spiro atoms. The van der Waals surface area contributed by atoms with E-state index in [4.69, 9.17) is 21.4 Å². The predicted octanol–water partition coefficient (Wildman–Crippen LogP) is 4.73. The molecule has 10 nitrogen and oxygen atoms in total. The second-order valence-electron chi connectivity index (χ2n) is 10.2. The lowest BCUT2D eigenvalue weighted by Gasteiger charge is -2.35. The zero-order chi connectivity index (χ0) is 29.1. The summed E-state index contributed by atoms with van der Waals surface area (Å²) in [4.78, 5) is 53.2. The van der Waals surface area contributed by atoms with Crippen LogP contribution in [0.25, 0.3) is 0 Å². The van der Waals surface area contributed by atoms with E-state index in [0.29, 0.717) is 41.3 Å². The molecule has 0 aliphatic carbocycles. The number of carbonyl (C=O) groups excluding carboxylic acids is 3. The van der Waals surface area contributed by atoms with E-state index in [0.717, 1.165) is 16.0 Å². The third-order valence-electron chi connectivity index (χ3n) is 7.53. The molecule has 41 heavy (non-hydrogen) atoms. The Kier molecular flexibility index (Phi) is 7.85. The normalized spacial score (nSPS) is 18.2. The van der Waals surface area contributed by atoms with Crippen molar-refractivity contribution in [3.63, 3.8) is 0 Å². The van der Waals surface area contributed by atoms with Crippen LogP contribution in [0.4, 0.5) is 21.0 Å². The van der Waals surface area contributed by atoms with Crippen molar-refractivity contribution in [2.24, 2.45) is 5.92 Å². The number of hydrogen-bond acceptors (Lipinski definition) is 5. The molecule has 2 heterocycles. The van der Waals surface area contributed by atoms with Gasteiger partial charge in [0.2, 0.25) is 5.91 Å². The molecule has 2 aliphatic rings. The smallest absolute Gasteiger partial charge is 0.412 e. The molecule has 0 saturated carbocycles. The van der Waals surface area contributed by atoms with Crippen LogP contribution in [0.1, 0.15) is 27.9 Å². The average molecular weight is 577 g/mol. The lowest BCUT2D eigenvalue weighted by molar-refractivity contribution is -0.135. The molecule has 2 atom stereocenters. The summed E-state index contributed by atoms with van der Waals surface area (Å²) in [5.74, 6) is -1.12. The van der Waals surface area contributed by atoms with Crippen molar-refractivity contribution in [3.05, 3.63) is 94.5 Å². The first-order valence-electron chi connectivity index (χ1n) is 13.1. The van der Waals surface area contributed by atoms with Crippen molar-refractivity contribution in [3.8, 4) is 0 Å². The maximum Gasteiger partial charge on any atom is 0.412 e. The highest BCUT2D eigenvalue weighted by Crippen LogP contribution is 2.44. The molecule has 1 fully saturated rings. The van der Waals surface area contributed by atoms with Crippen molar-refractivity contribution in [1.29, 1.82) is 0 Å². The Bertz CT molecular complexity index is 1480. The molecule has 0 aromatic heterocycles. The molecule has 0 bridgehead atoms. The summed E-state index contributed by atoms with van der Waals surface area (Å²) < 4.78 is 5.78. The first-order valence-corrected chi connectivity index (χ1v) is 13.5. The van der Waals surface area contributed by atoms with E-state index >= 15 is 0 Å². The van der Waals surface area contributed by atoms with Gasteiger partial charge in [0.05, 0.1) is 18.2 Å². The van der Waals surface area contributed by atoms with Gasteiger partial charge in [0.1, 0.15) is 0 Å². The number of carbonyl (C=O) groups is 4. The van der Waals surface area contributed by atoms with Crippen molar-refractivity contribution in [1.82, 2.24) is 10.2 Å². The number of hydrogen-bond donors (Lipinski definition) is 3. The van der Waals surface area contributed by atoms with Crippen LogP contribution in [0.5, 0.6) is 0 Å². The lowest BCUT2D eigenvalue weighted by atomic mass is 9.90. The fourth-order valence-electron chi connectivity index (χ4n) is 5.31. The van der Waals surface area contributed by atoms with Crippen LogP contribution in [0.2, 0.25) is 5.02 Å². The summed E-state index contributed by atoms with van der Waals surface area (Å²) >= 11 is 6.26. The standard InChI is InChI=1S/C30H29ClN4O6/c1-34(29(39)40)23-10-7-20(8-11-23)26(36)32-17-21(15-19-5-3-2-4-6-19)27(37)35-14-13-30(18-35)24-16-22(31)9-12-25(24)33-28(38)41-30/h2-12,16,21H,13-15,17-18H2,1H3,(H,32,36)(H,33,38)(H,39,40)/t21-,30?/m1/s1. The first kappa shape index (κ1) is 28.0. The minimum atomic E-state index is -1.11. The number of ether oxygens (including phenoxy) is 1. The van der Waals surface area contributed by atoms with Gasteiger partial charge in [-0.2, -0.15) is 0 Å². The fraction of sp³-hybridized carbons (Fsp3) is 0.267. The highest BCUT2D eigenvalue weighted by Gasteiger charge is 2.49. The highest BCUT2D eigenvalue weighted by atomic mass is 35.5. The molecular weight excluding hydrogens is 548 g/mol. The van der Waals surface area contributed by atoms with Crippen LogP contribution in [-0.4, -0.2) is 60.7 Å². The third kappa shape index (κ3) is 5.97. The van der Waals surface area contributed by atoms with Gasteiger partial charge in [0.25, 0.3) is 5.91 Å². The minimum absolute atomic E-state index is 0.0800. The van der Waals surface area contributed by atoms with Crippen LogP contribution in [-0.2, 0) is 21.6 Å². The molecule has 0 radical (unpaired) electrons. The van der Waals surface area contributed by atoms with Gasteiger partial charge in [0, 0.05) is 48.4 Å². The number of anilines is 2. The number of amides is 4. The van der Waals surface area contributed by atoms with Crippen LogP contribution in [0.3, 0.4) is 0 Å². The summed E-state index contributed by atoms with van der Waals surface area (Å²) in [6.45, 7) is 0.622. The van der Waals surface area contributed by atoms with E-state index < -0.39 is 23.7 Å². The van der Waals surface area contributed by atoms with E-state index in [9.17, 15) is 19.2 Å². The summed E-state index contributed by atoms with van der Waals surface area (Å²) in [6, 6.07) is 20.9.